The highest BCUT2D eigenvalue weighted by Crippen LogP contribution is 2.33. The Labute approximate surface area is 108 Å². The molecule has 2 aromatic rings. The quantitative estimate of drug-likeness (QED) is 0.920. The molecule has 1 N–H and O–H groups in total. The van der Waals surface area contributed by atoms with Crippen molar-refractivity contribution in [1.82, 2.24) is 4.98 Å². The van der Waals surface area contributed by atoms with Crippen molar-refractivity contribution < 1.29 is 23.4 Å². The SMILES string of the molecule is CCc1nc(-c2c(F)cccc2OC)oc1C(=O)O. The van der Waals surface area contributed by atoms with Crippen molar-refractivity contribution in [3.8, 4) is 17.2 Å². The van der Waals surface area contributed by atoms with Gasteiger partial charge in [0.2, 0.25) is 11.7 Å². The number of rotatable bonds is 4. The van der Waals surface area contributed by atoms with Crippen molar-refractivity contribution in [3.63, 3.8) is 0 Å². The first-order chi connectivity index (χ1) is 9.08. The Kier molecular flexibility index (Phi) is 3.50. The normalized spacial score (nSPS) is 10.5. The van der Waals surface area contributed by atoms with Gasteiger partial charge < -0.3 is 14.3 Å². The van der Waals surface area contributed by atoms with Crippen LogP contribution in [0, 0.1) is 5.82 Å². The van der Waals surface area contributed by atoms with Crippen LogP contribution in [0.15, 0.2) is 22.6 Å². The van der Waals surface area contributed by atoms with Crippen LogP contribution in [0.5, 0.6) is 5.75 Å². The Balaban J connectivity index is 2.63. The lowest BCUT2D eigenvalue weighted by molar-refractivity contribution is 0.0661. The smallest absolute Gasteiger partial charge is 0.373 e. The zero-order valence-electron chi connectivity index (χ0n) is 10.4. The van der Waals surface area contributed by atoms with Gasteiger partial charge in [0.1, 0.15) is 17.1 Å². The van der Waals surface area contributed by atoms with Crippen LogP contribution in [0.2, 0.25) is 0 Å². The molecule has 1 heterocycles. The van der Waals surface area contributed by atoms with Gasteiger partial charge in [0.15, 0.2) is 0 Å². The number of oxazole rings is 1. The molecular weight excluding hydrogens is 253 g/mol. The molecule has 0 fully saturated rings. The molecular formula is C13H12FNO4. The van der Waals surface area contributed by atoms with Crippen LogP contribution in [0.25, 0.3) is 11.5 Å². The number of halogens is 1. The summed E-state index contributed by atoms with van der Waals surface area (Å²) in [6.45, 7) is 1.74. The average Bonchev–Trinajstić information content (AvgIpc) is 2.82. The number of aromatic carboxylic acids is 1. The Morgan fingerprint density at radius 1 is 1.53 bits per heavy atom. The second-order valence-electron chi connectivity index (χ2n) is 3.77. The van der Waals surface area contributed by atoms with Gasteiger partial charge in [-0.05, 0) is 18.6 Å². The number of methoxy groups -OCH3 is 1. The summed E-state index contributed by atoms with van der Waals surface area (Å²) in [5.74, 6) is -1.95. The van der Waals surface area contributed by atoms with E-state index in [1.165, 1.54) is 19.2 Å². The number of aryl methyl sites for hydroxylation is 1. The lowest BCUT2D eigenvalue weighted by Crippen LogP contribution is -1.98. The predicted molar refractivity (Wildman–Crippen MR) is 64.8 cm³/mol. The summed E-state index contributed by atoms with van der Waals surface area (Å²) in [6, 6.07) is 4.27. The number of carboxylic acids is 1. The summed E-state index contributed by atoms with van der Waals surface area (Å²) < 4.78 is 24.0. The van der Waals surface area contributed by atoms with Crippen molar-refractivity contribution >= 4 is 5.97 Å². The minimum atomic E-state index is -1.23. The van der Waals surface area contributed by atoms with Crippen molar-refractivity contribution in [2.75, 3.05) is 7.11 Å². The first-order valence-electron chi connectivity index (χ1n) is 5.64. The molecule has 0 atom stereocenters. The maximum Gasteiger partial charge on any atom is 0.373 e. The molecule has 0 saturated carbocycles. The van der Waals surface area contributed by atoms with Crippen molar-refractivity contribution in [2.45, 2.75) is 13.3 Å². The molecule has 0 aliphatic carbocycles. The first kappa shape index (κ1) is 13.1. The minimum Gasteiger partial charge on any atom is -0.496 e. The zero-order chi connectivity index (χ0) is 14.0. The molecule has 19 heavy (non-hydrogen) atoms. The number of aromatic nitrogens is 1. The minimum absolute atomic E-state index is 0.0206. The third kappa shape index (κ3) is 2.29. The second kappa shape index (κ2) is 5.09. The number of nitrogens with zero attached hydrogens (tertiary/aromatic N) is 1. The molecule has 5 nitrogen and oxygen atoms in total. The van der Waals surface area contributed by atoms with Gasteiger partial charge in [-0.25, -0.2) is 14.2 Å². The third-order valence-electron chi connectivity index (χ3n) is 2.64. The monoisotopic (exact) mass is 265 g/mol. The molecule has 6 heteroatoms. The topological polar surface area (TPSA) is 72.6 Å². The van der Waals surface area contributed by atoms with Crippen molar-refractivity contribution in [1.29, 1.82) is 0 Å². The number of carbonyl (C=O) groups is 1. The Morgan fingerprint density at radius 2 is 2.26 bits per heavy atom. The van der Waals surface area contributed by atoms with E-state index in [2.05, 4.69) is 4.98 Å². The molecule has 0 aliphatic rings. The summed E-state index contributed by atoms with van der Waals surface area (Å²) in [7, 11) is 1.39. The summed E-state index contributed by atoms with van der Waals surface area (Å²) in [4.78, 5) is 15.0. The van der Waals surface area contributed by atoms with Crippen molar-refractivity contribution in [3.05, 3.63) is 35.5 Å². The molecule has 0 radical (unpaired) electrons. The van der Waals surface area contributed by atoms with Crippen LogP contribution in [0.3, 0.4) is 0 Å². The first-order valence-corrected chi connectivity index (χ1v) is 5.64. The van der Waals surface area contributed by atoms with Gasteiger partial charge in [0.25, 0.3) is 0 Å². The molecule has 0 aliphatic heterocycles. The van der Waals surface area contributed by atoms with E-state index >= 15 is 0 Å². The van der Waals surface area contributed by atoms with Gasteiger partial charge >= 0.3 is 5.97 Å². The average molecular weight is 265 g/mol. The highest BCUT2D eigenvalue weighted by Gasteiger charge is 2.23. The van der Waals surface area contributed by atoms with E-state index in [1.54, 1.807) is 13.0 Å². The van der Waals surface area contributed by atoms with E-state index in [-0.39, 0.29) is 28.7 Å². The number of hydrogen-bond acceptors (Lipinski definition) is 4. The molecule has 0 amide bonds. The summed E-state index contributed by atoms with van der Waals surface area (Å²) in [5.41, 5.74) is 0.292. The fourth-order valence-corrected chi connectivity index (χ4v) is 1.75. The van der Waals surface area contributed by atoms with E-state index in [0.29, 0.717) is 6.42 Å². The molecule has 0 bridgehead atoms. The van der Waals surface area contributed by atoms with Crippen LogP contribution in [-0.4, -0.2) is 23.2 Å². The van der Waals surface area contributed by atoms with Crippen LogP contribution in [0.4, 0.5) is 4.39 Å². The van der Waals surface area contributed by atoms with Crippen LogP contribution in [0.1, 0.15) is 23.2 Å². The molecule has 0 saturated heterocycles. The van der Waals surface area contributed by atoms with E-state index < -0.39 is 11.8 Å². The highest BCUT2D eigenvalue weighted by molar-refractivity contribution is 5.86. The molecule has 2 rings (SSSR count). The molecule has 0 spiro atoms. The van der Waals surface area contributed by atoms with Gasteiger partial charge in [-0.1, -0.05) is 13.0 Å². The molecule has 0 unspecified atom stereocenters. The lowest BCUT2D eigenvalue weighted by Gasteiger charge is -2.05. The van der Waals surface area contributed by atoms with Crippen molar-refractivity contribution in [2.24, 2.45) is 0 Å². The summed E-state index contributed by atoms with van der Waals surface area (Å²) >= 11 is 0. The standard InChI is InChI=1S/C13H12FNO4/c1-3-8-11(13(16)17)19-12(15-8)10-7(14)5-4-6-9(10)18-2/h4-6H,3H2,1-2H3,(H,16,17). The van der Waals surface area contributed by atoms with E-state index in [0.717, 1.165) is 0 Å². The van der Waals surface area contributed by atoms with Gasteiger partial charge in [-0.3, -0.25) is 0 Å². The number of carboxylic acid groups (broad SMARTS) is 1. The summed E-state index contributed by atoms with van der Waals surface area (Å²) in [6.07, 6.45) is 0.377. The molecule has 1 aromatic carbocycles. The highest BCUT2D eigenvalue weighted by atomic mass is 19.1. The van der Waals surface area contributed by atoms with E-state index in [1.807, 2.05) is 0 Å². The van der Waals surface area contributed by atoms with Gasteiger partial charge in [-0.2, -0.15) is 0 Å². The van der Waals surface area contributed by atoms with Gasteiger partial charge in [-0.15, -0.1) is 0 Å². The van der Waals surface area contributed by atoms with Gasteiger partial charge in [0.05, 0.1) is 12.8 Å². The largest absolute Gasteiger partial charge is 0.496 e. The Morgan fingerprint density at radius 3 is 2.79 bits per heavy atom. The maximum atomic E-state index is 13.8. The van der Waals surface area contributed by atoms with Crippen LogP contribution >= 0.6 is 0 Å². The van der Waals surface area contributed by atoms with E-state index in [4.69, 9.17) is 14.3 Å². The van der Waals surface area contributed by atoms with E-state index in [9.17, 15) is 9.18 Å². The fourth-order valence-electron chi connectivity index (χ4n) is 1.75. The zero-order valence-corrected chi connectivity index (χ0v) is 10.4. The number of benzene rings is 1. The fraction of sp³-hybridized carbons (Fsp3) is 0.231. The predicted octanol–water partition coefficient (Wildman–Crippen LogP) is 2.75. The second-order valence-corrected chi connectivity index (χ2v) is 3.77. The lowest BCUT2D eigenvalue weighted by atomic mass is 10.2. The summed E-state index contributed by atoms with van der Waals surface area (Å²) in [5, 5.41) is 8.99. The number of hydrogen-bond donors (Lipinski definition) is 1. The number of ether oxygens (including phenoxy) is 1. The Bertz CT molecular complexity index is 621. The molecule has 100 valence electrons. The van der Waals surface area contributed by atoms with Crippen LogP contribution < -0.4 is 4.74 Å². The third-order valence-corrected chi connectivity index (χ3v) is 2.64. The maximum absolute atomic E-state index is 13.8. The Hall–Kier alpha value is -2.37. The molecule has 1 aromatic heterocycles. The van der Waals surface area contributed by atoms with Gasteiger partial charge in [0, 0.05) is 0 Å². The van der Waals surface area contributed by atoms with Crippen LogP contribution in [-0.2, 0) is 6.42 Å².